The molecule has 1 aliphatic carbocycles. The van der Waals surface area contributed by atoms with Crippen LogP contribution in [0.1, 0.15) is 88.7 Å². The highest BCUT2D eigenvalue weighted by molar-refractivity contribution is 6.38. The van der Waals surface area contributed by atoms with Gasteiger partial charge >= 0.3 is 0 Å². The Labute approximate surface area is 432 Å². The highest BCUT2D eigenvalue weighted by atomic mass is 35.5. The molecule has 5 N–H and O–H groups in total. The van der Waals surface area contributed by atoms with Gasteiger partial charge in [0.1, 0.15) is 23.4 Å². The zero-order valence-electron chi connectivity index (χ0n) is 40.6. The van der Waals surface area contributed by atoms with Crippen molar-refractivity contribution in [2.75, 3.05) is 51.5 Å². The first-order valence-corrected chi connectivity index (χ1v) is 25.1. The smallest absolute Gasteiger partial charge is 0.255 e. The number of hydrogen-bond donors (Lipinski definition) is 4. The zero-order valence-corrected chi connectivity index (χ0v) is 41.3. The second-order valence-corrected chi connectivity index (χ2v) is 18.6. The monoisotopic (exact) mass is 1020 g/mol. The molecule has 1 unspecified atom stereocenters. The van der Waals surface area contributed by atoms with Crippen LogP contribution in [-0.4, -0.2) is 115 Å². The van der Waals surface area contributed by atoms with Crippen molar-refractivity contribution in [3.8, 4) is 23.1 Å². The number of amides is 3. The highest BCUT2D eigenvalue weighted by Crippen LogP contribution is 2.35. The summed E-state index contributed by atoms with van der Waals surface area (Å²) in [4.78, 5) is 57.0. The molecule has 74 heavy (non-hydrogen) atoms. The number of carbonyl (C=O) groups is 3. The van der Waals surface area contributed by atoms with Crippen molar-refractivity contribution in [2.24, 2.45) is 20.9 Å². The molecule has 5 aromatic rings. The maximum Gasteiger partial charge on any atom is 0.255 e. The molecule has 1 saturated heterocycles. The molecule has 1 saturated carbocycles. The minimum atomic E-state index is -0.722. The van der Waals surface area contributed by atoms with Gasteiger partial charge in [-0.05, 0) is 92.3 Å². The number of anilines is 2. The normalized spacial score (nSPS) is 18.5. The lowest BCUT2D eigenvalue weighted by molar-refractivity contribution is -0.136. The van der Waals surface area contributed by atoms with Crippen LogP contribution in [0.4, 0.5) is 20.4 Å². The molecule has 0 radical (unpaired) electrons. The van der Waals surface area contributed by atoms with Crippen LogP contribution in [0.2, 0.25) is 5.02 Å². The van der Waals surface area contributed by atoms with Gasteiger partial charge in [-0.15, -0.1) is 0 Å². The number of fused-ring (bicyclic) bond motifs is 4. The van der Waals surface area contributed by atoms with E-state index in [1.807, 2.05) is 30.3 Å². The van der Waals surface area contributed by atoms with E-state index in [2.05, 4.69) is 42.9 Å². The average molecular weight is 1030 g/mol. The van der Waals surface area contributed by atoms with Crippen LogP contribution in [0.25, 0.3) is 11.3 Å². The van der Waals surface area contributed by atoms with E-state index < -0.39 is 23.6 Å². The lowest BCUT2D eigenvalue weighted by Gasteiger charge is -2.29. The molecule has 4 aliphatic rings. The van der Waals surface area contributed by atoms with Gasteiger partial charge in [-0.2, -0.15) is 5.10 Å². The van der Waals surface area contributed by atoms with Gasteiger partial charge < -0.3 is 35.6 Å². The summed E-state index contributed by atoms with van der Waals surface area (Å²) in [5, 5.41) is 13.6. The quantitative estimate of drug-likeness (QED) is 0.0165. The number of imide groups is 1. The number of nitrogens with two attached hydrogens (primary N) is 1. The Balaban J connectivity index is 0.628. The predicted molar refractivity (Wildman–Crippen MR) is 278 cm³/mol. The number of hydrazone groups is 1. The van der Waals surface area contributed by atoms with Crippen molar-refractivity contribution in [1.82, 2.24) is 25.5 Å². The molecule has 19 heteroatoms. The molecule has 4 aromatic carbocycles. The summed E-state index contributed by atoms with van der Waals surface area (Å²) in [6.45, 7) is 4.11. The van der Waals surface area contributed by atoms with Crippen molar-refractivity contribution >= 4 is 58.6 Å². The van der Waals surface area contributed by atoms with Crippen molar-refractivity contribution in [3.05, 3.63) is 141 Å². The topological polar surface area (TPSA) is 207 Å². The van der Waals surface area contributed by atoms with E-state index in [0.29, 0.717) is 110 Å². The van der Waals surface area contributed by atoms with Gasteiger partial charge in [-0.3, -0.25) is 29.7 Å². The summed E-state index contributed by atoms with van der Waals surface area (Å²) in [5.41, 5.74) is 6.54. The van der Waals surface area contributed by atoms with E-state index >= 15 is 0 Å². The number of aliphatic imine (C=N–C) groups is 2. The molecule has 9 rings (SSSR count). The van der Waals surface area contributed by atoms with Gasteiger partial charge in [0, 0.05) is 88.5 Å². The molecule has 3 aliphatic heterocycles. The average Bonchev–Trinajstić information content (AvgIpc) is 3.64. The lowest BCUT2D eigenvalue weighted by atomic mass is 9.91. The fourth-order valence-corrected chi connectivity index (χ4v) is 9.55. The second kappa shape index (κ2) is 24.6. The summed E-state index contributed by atoms with van der Waals surface area (Å²) in [6.07, 6.45) is 8.37. The fraction of sp³-hybridized carbons (Fsp3) is 0.345. The van der Waals surface area contributed by atoms with Crippen LogP contribution in [0.5, 0.6) is 0 Å². The standard InChI is InChI=1S/C55H55ClF2N10O6/c56-38-10-18-43-44(29-38)52(50-45(57)5-3-6-46(50)58)62-30-37-31-63-55(66-51(37)43)64-41-11-8-35(9-12-41)47(67-59)32-61-40-15-13-39(14-16-40)60-21-23-73-25-27-74-26-24-72-22-2-1-4-34-7-17-42-36(28-34)33-68(54(42)71)48-19-20-49(69)65-53(48)70/h3,5-12,17-18,28-29,31-32,39-40,48,60H,2,13-16,19-27,30,33,59H2,(H,63,64,66)(H,65,69,70). The zero-order chi connectivity index (χ0) is 51.4. The van der Waals surface area contributed by atoms with Crippen molar-refractivity contribution in [3.63, 3.8) is 0 Å². The number of halogens is 3. The summed E-state index contributed by atoms with van der Waals surface area (Å²) in [6, 6.07) is 21.7. The number of nitrogens with zero attached hydrogens (tertiary/aromatic N) is 6. The molecule has 0 bridgehead atoms. The van der Waals surface area contributed by atoms with Crippen molar-refractivity contribution in [1.29, 1.82) is 0 Å². The number of ether oxygens (including phenoxy) is 3. The first kappa shape index (κ1) is 51.6. The van der Waals surface area contributed by atoms with Gasteiger partial charge in [0.05, 0.1) is 69.2 Å². The van der Waals surface area contributed by atoms with Crippen LogP contribution in [-0.2, 0) is 36.9 Å². The van der Waals surface area contributed by atoms with Crippen molar-refractivity contribution in [2.45, 2.75) is 76.2 Å². The minimum Gasteiger partial charge on any atom is -0.378 e. The van der Waals surface area contributed by atoms with E-state index in [-0.39, 0.29) is 42.1 Å². The molecule has 1 aromatic heterocycles. The molecular weight excluding hydrogens is 970 g/mol. The van der Waals surface area contributed by atoms with Crippen LogP contribution in [0.3, 0.4) is 0 Å². The molecule has 3 amide bonds. The van der Waals surface area contributed by atoms with E-state index in [1.165, 1.54) is 23.1 Å². The lowest BCUT2D eigenvalue weighted by Crippen LogP contribution is -2.52. The number of hydrogen-bond acceptors (Lipinski definition) is 14. The van der Waals surface area contributed by atoms with Crippen LogP contribution < -0.4 is 21.8 Å². The highest BCUT2D eigenvalue weighted by Gasteiger charge is 2.39. The van der Waals surface area contributed by atoms with E-state index in [1.54, 1.807) is 42.7 Å². The van der Waals surface area contributed by atoms with Gasteiger partial charge in [0.25, 0.3) is 5.91 Å². The summed E-state index contributed by atoms with van der Waals surface area (Å²) < 4.78 is 47.0. The Morgan fingerprint density at radius 3 is 2.36 bits per heavy atom. The Hall–Kier alpha value is -7.27. The first-order chi connectivity index (χ1) is 36.1. The van der Waals surface area contributed by atoms with Crippen molar-refractivity contribution < 1.29 is 37.4 Å². The molecule has 2 fully saturated rings. The molecule has 1 atom stereocenters. The minimum absolute atomic E-state index is 0.113. The first-order valence-electron chi connectivity index (χ1n) is 24.7. The predicted octanol–water partition coefficient (Wildman–Crippen LogP) is 7.06. The summed E-state index contributed by atoms with van der Waals surface area (Å²) in [5.74, 6) is 10.0. The third kappa shape index (κ3) is 12.7. The number of piperidine rings is 1. The van der Waals surface area contributed by atoms with Gasteiger partial charge in [0.15, 0.2) is 0 Å². The molecule has 382 valence electrons. The van der Waals surface area contributed by atoms with Gasteiger partial charge in [-0.25, -0.2) is 18.7 Å². The largest absolute Gasteiger partial charge is 0.378 e. The molecule has 16 nitrogen and oxygen atoms in total. The maximum absolute atomic E-state index is 15.0. The van der Waals surface area contributed by atoms with Crippen LogP contribution in [0, 0.1) is 23.5 Å². The maximum atomic E-state index is 15.0. The van der Waals surface area contributed by atoms with Gasteiger partial charge in [0.2, 0.25) is 17.8 Å². The number of benzene rings is 4. The Morgan fingerprint density at radius 1 is 0.865 bits per heavy atom. The van der Waals surface area contributed by atoms with E-state index in [4.69, 9.17) is 41.6 Å². The number of rotatable bonds is 19. The molecule has 4 heterocycles. The summed E-state index contributed by atoms with van der Waals surface area (Å²) >= 11 is 6.38. The SMILES string of the molecule is NN=C(C=NC1CCC(NCCOCCOCCOCCC#Cc2ccc3c(c2)CN(C2CCC(=O)NC2=O)C3=O)CC1)c1ccc(Nc2ncc3c(n2)-c2ccc(Cl)cc2C(c2c(F)cccc2F)=NC3)cc1. The van der Waals surface area contributed by atoms with Crippen LogP contribution in [0.15, 0.2) is 100 Å². The second-order valence-electron chi connectivity index (χ2n) is 18.1. The van der Waals surface area contributed by atoms with Gasteiger partial charge in [-0.1, -0.05) is 47.7 Å². The summed E-state index contributed by atoms with van der Waals surface area (Å²) in [7, 11) is 0. The number of aromatic nitrogens is 2. The molecular formula is C55H55ClF2N10O6. The third-order valence-corrected chi connectivity index (χ3v) is 13.4. The Kier molecular flexibility index (Phi) is 17.2. The van der Waals surface area contributed by atoms with E-state index in [9.17, 15) is 23.2 Å². The molecule has 0 spiro atoms. The van der Waals surface area contributed by atoms with Crippen LogP contribution >= 0.6 is 11.6 Å². The fourth-order valence-electron chi connectivity index (χ4n) is 9.38. The van der Waals surface area contributed by atoms with E-state index in [0.717, 1.165) is 54.6 Å². The Morgan fingerprint density at radius 2 is 1.61 bits per heavy atom. The number of carbonyl (C=O) groups excluding carboxylic acids is 3. The number of nitrogens with one attached hydrogen (secondary N) is 3. The third-order valence-electron chi connectivity index (χ3n) is 13.2. The Bertz CT molecular complexity index is 3020.